The maximum Gasteiger partial charge on any atom is 0.118 e. The third kappa shape index (κ3) is 2.56. The number of rotatable bonds is 1. The lowest BCUT2D eigenvalue weighted by atomic mass is 10.0. The minimum Gasteiger partial charge on any atom is -0.497 e. The summed E-state index contributed by atoms with van der Waals surface area (Å²) in [6.07, 6.45) is 0. The Bertz CT molecular complexity index is 1090. The Hall–Kier alpha value is -2.76. The van der Waals surface area contributed by atoms with Gasteiger partial charge in [-0.2, -0.15) is 0 Å². The van der Waals surface area contributed by atoms with Gasteiger partial charge in [0, 0.05) is 5.56 Å². The van der Waals surface area contributed by atoms with Crippen molar-refractivity contribution in [3.05, 3.63) is 77.4 Å². The minimum absolute atomic E-state index is 0.858. The van der Waals surface area contributed by atoms with Gasteiger partial charge in [-0.05, 0) is 63.5 Å². The van der Waals surface area contributed by atoms with Crippen molar-refractivity contribution in [3.63, 3.8) is 0 Å². The summed E-state index contributed by atoms with van der Waals surface area (Å²) in [5, 5.41) is 5.79. The van der Waals surface area contributed by atoms with Crippen LogP contribution in [0, 0.1) is 11.8 Å². The zero-order valence-electron chi connectivity index (χ0n) is 15.7. The van der Waals surface area contributed by atoms with Gasteiger partial charge in [0.05, 0.1) is 7.11 Å². The van der Waals surface area contributed by atoms with E-state index in [2.05, 4.69) is 68.3 Å². The molecule has 0 aromatic heterocycles. The fourth-order valence-electron chi connectivity index (χ4n) is 4.12. The molecule has 0 bridgehead atoms. The van der Waals surface area contributed by atoms with E-state index in [9.17, 15) is 0 Å². The molecule has 4 rings (SSSR count). The fourth-order valence-corrected chi connectivity index (χ4v) is 7.68. The second kappa shape index (κ2) is 6.19. The third-order valence-corrected chi connectivity index (χ3v) is 8.99. The van der Waals surface area contributed by atoms with Crippen molar-refractivity contribution < 1.29 is 4.74 Å². The van der Waals surface area contributed by atoms with Gasteiger partial charge >= 0.3 is 0 Å². The molecule has 3 aromatic rings. The summed E-state index contributed by atoms with van der Waals surface area (Å²) >= 11 is 0. The minimum atomic E-state index is -1.73. The van der Waals surface area contributed by atoms with E-state index in [0.717, 1.165) is 11.3 Å². The van der Waals surface area contributed by atoms with E-state index in [1.807, 2.05) is 24.3 Å². The fraction of sp³-hybridized carbons (Fsp3) is 0.167. The number of hydrogen-bond donors (Lipinski definition) is 0. The molecule has 0 saturated carbocycles. The molecule has 0 atom stereocenters. The number of benzene rings is 3. The summed E-state index contributed by atoms with van der Waals surface area (Å²) in [6.45, 7) is 7.05. The van der Waals surface area contributed by atoms with E-state index >= 15 is 0 Å². The first-order valence-electron chi connectivity index (χ1n) is 8.92. The topological polar surface area (TPSA) is 9.23 Å². The predicted molar refractivity (Wildman–Crippen MR) is 114 cm³/mol. The van der Waals surface area contributed by atoms with E-state index in [1.54, 1.807) is 7.11 Å². The average Bonchev–Trinajstić information content (AvgIpc) is 2.89. The molecule has 0 spiro atoms. The Morgan fingerprint density at radius 3 is 2.31 bits per heavy atom. The maximum atomic E-state index is 5.22. The summed E-state index contributed by atoms with van der Waals surface area (Å²) in [6, 6.07) is 21.3. The van der Waals surface area contributed by atoms with Crippen LogP contribution in [-0.4, -0.2) is 15.2 Å². The van der Waals surface area contributed by atoms with E-state index in [-0.39, 0.29) is 0 Å². The molecule has 0 unspecified atom stereocenters. The van der Waals surface area contributed by atoms with Crippen LogP contribution in [0.1, 0.15) is 18.1 Å². The molecule has 128 valence electrons. The molecule has 0 aliphatic carbocycles. The number of hydrogen-bond acceptors (Lipinski definition) is 1. The first-order valence-corrected chi connectivity index (χ1v) is 11.9. The molecule has 0 radical (unpaired) electrons. The van der Waals surface area contributed by atoms with Crippen molar-refractivity contribution in [2.24, 2.45) is 0 Å². The lowest BCUT2D eigenvalue weighted by Gasteiger charge is -2.21. The van der Waals surface area contributed by atoms with Crippen molar-refractivity contribution in [2.45, 2.75) is 20.0 Å². The molecule has 0 saturated heterocycles. The largest absolute Gasteiger partial charge is 0.497 e. The molecule has 1 aliphatic heterocycles. The maximum absolute atomic E-state index is 5.22. The van der Waals surface area contributed by atoms with Gasteiger partial charge < -0.3 is 4.74 Å². The van der Waals surface area contributed by atoms with Gasteiger partial charge in [-0.25, -0.2) is 0 Å². The highest BCUT2D eigenvalue weighted by atomic mass is 28.3. The van der Waals surface area contributed by atoms with Gasteiger partial charge in [-0.1, -0.05) is 61.3 Å². The Kier molecular flexibility index (Phi) is 3.98. The molecule has 26 heavy (non-hydrogen) atoms. The molecule has 0 fully saturated rings. The van der Waals surface area contributed by atoms with E-state index in [1.165, 1.54) is 32.3 Å². The summed E-state index contributed by atoms with van der Waals surface area (Å²) < 4.78 is 5.22. The van der Waals surface area contributed by atoms with Gasteiger partial charge in [-0.15, -0.1) is 0 Å². The molecular weight excluding hydrogens is 332 g/mol. The lowest BCUT2D eigenvalue weighted by Crippen LogP contribution is -2.39. The van der Waals surface area contributed by atoms with Gasteiger partial charge in [0.2, 0.25) is 0 Å². The molecule has 0 amide bonds. The standard InChI is InChI=1S/C24H22OSi/c1-17(11-12-18-13-15-20(25-2)16-14-18)24-21-9-5-7-19-8-6-10-22(23(19)21)26(24,3)4/h5-10,13-16H,1-4H3/b24-17-. The van der Waals surface area contributed by atoms with E-state index < -0.39 is 8.07 Å². The van der Waals surface area contributed by atoms with Gasteiger partial charge in [-0.3, -0.25) is 0 Å². The van der Waals surface area contributed by atoms with Crippen molar-refractivity contribution in [2.75, 3.05) is 7.11 Å². The summed E-state index contributed by atoms with van der Waals surface area (Å²) in [7, 11) is -0.0519. The SMILES string of the molecule is COc1ccc(C#C/C(C)=C2/c3cccc4cccc(c34)[Si]2(C)C)cc1. The number of ether oxygens (including phenoxy) is 1. The van der Waals surface area contributed by atoms with Crippen molar-refractivity contribution >= 4 is 29.2 Å². The summed E-state index contributed by atoms with van der Waals surface area (Å²) in [5.41, 5.74) is 3.59. The Labute approximate surface area is 156 Å². The van der Waals surface area contributed by atoms with Crippen LogP contribution in [0.2, 0.25) is 13.1 Å². The van der Waals surface area contributed by atoms with Crippen LogP contribution < -0.4 is 9.92 Å². The molecular formula is C24H22OSi. The summed E-state index contributed by atoms with van der Waals surface area (Å²) in [5.74, 6) is 7.62. The summed E-state index contributed by atoms with van der Waals surface area (Å²) in [4.78, 5) is 0. The predicted octanol–water partition coefficient (Wildman–Crippen LogP) is 5.14. The Balaban J connectivity index is 1.84. The van der Waals surface area contributed by atoms with Gasteiger partial charge in [0.25, 0.3) is 0 Å². The monoisotopic (exact) mass is 354 g/mol. The Morgan fingerprint density at radius 2 is 1.62 bits per heavy atom. The first kappa shape index (κ1) is 16.7. The van der Waals surface area contributed by atoms with Gasteiger partial charge in [0.1, 0.15) is 13.8 Å². The van der Waals surface area contributed by atoms with Crippen molar-refractivity contribution in [3.8, 4) is 17.6 Å². The number of methoxy groups -OCH3 is 1. The Morgan fingerprint density at radius 1 is 0.923 bits per heavy atom. The van der Waals surface area contributed by atoms with Crippen molar-refractivity contribution in [1.82, 2.24) is 0 Å². The molecule has 1 heterocycles. The highest BCUT2D eigenvalue weighted by Gasteiger charge is 2.38. The second-order valence-corrected chi connectivity index (χ2v) is 11.6. The van der Waals surface area contributed by atoms with Crippen LogP contribution in [0.3, 0.4) is 0 Å². The first-order chi connectivity index (χ1) is 12.5. The van der Waals surface area contributed by atoms with Crippen molar-refractivity contribution in [1.29, 1.82) is 0 Å². The molecule has 2 heteroatoms. The van der Waals surface area contributed by atoms with Gasteiger partial charge in [0.15, 0.2) is 0 Å². The highest BCUT2D eigenvalue weighted by molar-refractivity contribution is 7.08. The average molecular weight is 355 g/mol. The second-order valence-electron chi connectivity index (χ2n) is 7.31. The van der Waals surface area contributed by atoms with Crippen LogP contribution in [0.25, 0.3) is 16.0 Å². The van der Waals surface area contributed by atoms with E-state index in [0.29, 0.717) is 0 Å². The van der Waals surface area contributed by atoms with Crippen LogP contribution in [0.4, 0.5) is 0 Å². The molecule has 3 aromatic carbocycles. The third-order valence-electron chi connectivity index (χ3n) is 5.33. The molecule has 0 N–H and O–H groups in total. The van der Waals surface area contributed by atoms with E-state index in [4.69, 9.17) is 4.74 Å². The number of allylic oxidation sites excluding steroid dienone is 1. The van der Waals surface area contributed by atoms with Crippen LogP contribution in [0.5, 0.6) is 5.75 Å². The zero-order valence-corrected chi connectivity index (χ0v) is 16.7. The highest BCUT2D eigenvalue weighted by Crippen LogP contribution is 2.40. The smallest absolute Gasteiger partial charge is 0.118 e. The van der Waals surface area contributed by atoms with Crippen LogP contribution in [-0.2, 0) is 0 Å². The quantitative estimate of drug-likeness (QED) is 0.434. The molecule has 1 nitrogen and oxygen atoms in total. The molecule has 1 aliphatic rings. The lowest BCUT2D eigenvalue weighted by molar-refractivity contribution is 0.415. The normalized spacial score (nSPS) is 16.2. The van der Waals surface area contributed by atoms with Crippen LogP contribution in [0.15, 0.2) is 66.2 Å². The van der Waals surface area contributed by atoms with Crippen LogP contribution >= 0.6 is 0 Å². The zero-order chi connectivity index (χ0) is 18.3.